The average molecular weight is 256 g/mol. The molecule has 0 atom stereocenters. The van der Waals surface area contributed by atoms with Crippen LogP contribution in [0.5, 0.6) is 0 Å². The van der Waals surface area contributed by atoms with Crippen molar-refractivity contribution in [2.24, 2.45) is 0 Å². The lowest BCUT2D eigenvalue weighted by atomic mass is 10.1. The second-order valence-corrected chi connectivity index (χ2v) is 3.83. The quantitative estimate of drug-likeness (QED) is 0.770. The number of hydrogen-bond donors (Lipinski definition) is 0. The molecule has 0 heterocycles. The van der Waals surface area contributed by atoms with Gasteiger partial charge in [0.25, 0.3) is 0 Å². The molecule has 0 aliphatic heterocycles. The van der Waals surface area contributed by atoms with E-state index in [0.29, 0.717) is 6.41 Å². The molecule has 0 N–H and O–H groups in total. The highest BCUT2D eigenvalue weighted by Crippen LogP contribution is 2.12. The molecule has 4 heteroatoms. The minimum absolute atomic E-state index is 0.210. The monoisotopic (exact) mass is 255 g/mol. The Morgan fingerprint density at radius 3 is 2.86 bits per heavy atom. The summed E-state index contributed by atoms with van der Waals surface area (Å²) < 4.78 is 0.927. The van der Waals surface area contributed by atoms with Gasteiger partial charge >= 0.3 is 0 Å². The fraction of sp³-hybridized carbons (Fsp3) is 0.200. The van der Waals surface area contributed by atoms with E-state index in [1.54, 1.807) is 0 Å². The van der Waals surface area contributed by atoms with Crippen molar-refractivity contribution in [3.8, 4) is 0 Å². The molecular formula is C10H10BrNO2. The van der Waals surface area contributed by atoms with Gasteiger partial charge in [0.05, 0.1) is 6.42 Å². The molecular weight excluding hydrogens is 246 g/mol. The third-order valence-electron chi connectivity index (χ3n) is 1.80. The van der Waals surface area contributed by atoms with E-state index < -0.39 is 0 Å². The maximum atomic E-state index is 11.3. The molecule has 1 aromatic rings. The van der Waals surface area contributed by atoms with E-state index in [4.69, 9.17) is 0 Å². The summed E-state index contributed by atoms with van der Waals surface area (Å²) in [6.07, 6.45) is 0.759. The van der Waals surface area contributed by atoms with Crippen molar-refractivity contribution in [3.05, 3.63) is 34.3 Å². The third-order valence-corrected chi connectivity index (χ3v) is 2.29. The number of hydrogen-bond acceptors (Lipinski definition) is 2. The number of amides is 2. The molecule has 0 fully saturated rings. The van der Waals surface area contributed by atoms with Crippen LogP contribution in [0.15, 0.2) is 28.7 Å². The summed E-state index contributed by atoms with van der Waals surface area (Å²) in [7, 11) is 1.45. The Labute approximate surface area is 90.8 Å². The lowest BCUT2D eigenvalue weighted by Gasteiger charge is -2.08. The highest BCUT2D eigenvalue weighted by molar-refractivity contribution is 9.10. The number of rotatable bonds is 3. The second-order valence-electron chi connectivity index (χ2n) is 2.92. The molecule has 0 aliphatic rings. The van der Waals surface area contributed by atoms with Crippen molar-refractivity contribution in [2.45, 2.75) is 6.42 Å². The molecule has 0 bridgehead atoms. The van der Waals surface area contributed by atoms with Gasteiger partial charge in [-0.15, -0.1) is 0 Å². The molecule has 0 aromatic heterocycles. The van der Waals surface area contributed by atoms with Gasteiger partial charge in [-0.3, -0.25) is 14.5 Å². The van der Waals surface area contributed by atoms with Crippen LogP contribution in [-0.4, -0.2) is 24.3 Å². The summed E-state index contributed by atoms with van der Waals surface area (Å²) in [6.45, 7) is 0. The smallest absolute Gasteiger partial charge is 0.233 e. The first-order chi connectivity index (χ1) is 6.63. The maximum Gasteiger partial charge on any atom is 0.233 e. The molecule has 1 rings (SSSR count). The first kappa shape index (κ1) is 10.9. The lowest BCUT2D eigenvalue weighted by molar-refractivity contribution is -0.135. The molecule has 0 radical (unpaired) electrons. The van der Waals surface area contributed by atoms with Crippen LogP contribution in [0.1, 0.15) is 5.56 Å². The largest absolute Gasteiger partial charge is 0.288 e. The van der Waals surface area contributed by atoms with Gasteiger partial charge in [-0.1, -0.05) is 28.1 Å². The van der Waals surface area contributed by atoms with Crippen molar-refractivity contribution in [3.63, 3.8) is 0 Å². The zero-order valence-electron chi connectivity index (χ0n) is 7.74. The van der Waals surface area contributed by atoms with Gasteiger partial charge in [0, 0.05) is 11.5 Å². The average Bonchev–Trinajstić information content (AvgIpc) is 2.16. The number of carbonyl (C=O) groups is 2. The van der Waals surface area contributed by atoms with E-state index in [0.717, 1.165) is 14.9 Å². The molecule has 0 aliphatic carbocycles. The predicted octanol–water partition coefficient (Wildman–Crippen LogP) is 1.61. The standard InChI is InChI=1S/C10H10BrNO2/c1-12(7-13)10(14)6-8-3-2-4-9(11)5-8/h2-5,7H,6H2,1H3. The van der Waals surface area contributed by atoms with E-state index >= 15 is 0 Å². The van der Waals surface area contributed by atoms with Crippen molar-refractivity contribution in [2.75, 3.05) is 7.05 Å². The van der Waals surface area contributed by atoms with E-state index in [2.05, 4.69) is 15.9 Å². The molecule has 2 amide bonds. The number of benzene rings is 1. The van der Waals surface area contributed by atoms with Crippen LogP contribution in [0, 0.1) is 0 Å². The molecule has 0 spiro atoms. The molecule has 14 heavy (non-hydrogen) atoms. The second kappa shape index (κ2) is 4.91. The van der Waals surface area contributed by atoms with Crippen molar-refractivity contribution in [1.82, 2.24) is 4.90 Å². The zero-order valence-corrected chi connectivity index (χ0v) is 9.32. The summed E-state index contributed by atoms with van der Waals surface area (Å²) in [6, 6.07) is 7.45. The van der Waals surface area contributed by atoms with Crippen molar-refractivity contribution < 1.29 is 9.59 Å². The minimum Gasteiger partial charge on any atom is -0.288 e. The number of nitrogens with zero attached hydrogens (tertiary/aromatic N) is 1. The summed E-state index contributed by atoms with van der Waals surface area (Å²) in [4.78, 5) is 22.7. The number of imide groups is 1. The van der Waals surface area contributed by atoms with E-state index in [9.17, 15) is 9.59 Å². The number of likely N-dealkylation sites (N-methyl/N-ethyl adjacent to an activating group) is 1. The third kappa shape index (κ3) is 2.96. The predicted molar refractivity (Wildman–Crippen MR) is 56.7 cm³/mol. The molecule has 0 unspecified atom stereocenters. The molecule has 0 saturated carbocycles. The summed E-state index contributed by atoms with van der Waals surface area (Å²) in [5, 5.41) is 0. The Kier molecular flexibility index (Phi) is 3.83. The van der Waals surface area contributed by atoms with Crippen LogP contribution < -0.4 is 0 Å². The first-order valence-corrected chi connectivity index (χ1v) is 4.88. The van der Waals surface area contributed by atoms with Crippen molar-refractivity contribution in [1.29, 1.82) is 0 Å². The molecule has 74 valence electrons. The first-order valence-electron chi connectivity index (χ1n) is 4.09. The van der Waals surface area contributed by atoms with Gasteiger partial charge in [-0.25, -0.2) is 0 Å². The Morgan fingerprint density at radius 1 is 1.57 bits per heavy atom. The van der Waals surface area contributed by atoms with E-state index in [1.165, 1.54) is 7.05 Å². The SMILES string of the molecule is CN(C=O)C(=O)Cc1cccc(Br)c1. The Bertz CT molecular complexity index is 352. The zero-order chi connectivity index (χ0) is 10.6. The van der Waals surface area contributed by atoms with Crippen LogP contribution in [0.4, 0.5) is 0 Å². The van der Waals surface area contributed by atoms with Crippen LogP contribution in [0.2, 0.25) is 0 Å². The van der Waals surface area contributed by atoms with Gasteiger partial charge in [0.2, 0.25) is 12.3 Å². The lowest BCUT2D eigenvalue weighted by Crippen LogP contribution is -2.26. The fourth-order valence-corrected chi connectivity index (χ4v) is 1.45. The summed E-state index contributed by atoms with van der Waals surface area (Å²) in [5.41, 5.74) is 0.887. The minimum atomic E-state index is -0.210. The molecule has 3 nitrogen and oxygen atoms in total. The van der Waals surface area contributed by atoms with E-state index in [1.807, 2.05) is 24.3 Å². The van der Waals surface area contributed by atoms with Crippen LogP contribution in [0.25, 0.3) is 0 Å². The van der Waals surface area contributed by atoms with Crippen LogP contribution >= 0.6 is 15.9 Å². The number of halogens is 1. The topological polar surface area (TPSA) is 37.4 Å². The van der Waals surface area contributed by atoms with Gasteiger partial charge in [0.15, 0.2) is 0 Å². The van der Waals surface area contributed by atoms with Crippen LogP contribution in [-0.2, 0) is 16.0 Å². The van der Waals surface area contributed by atoms with Gasteiger partial charge in [0.1, 0.15) is 0 Å². The Morgan fingerprint density at radius 2 is 2.29 bits per heavy atom. The van der Waals surface area contributed by atoms with Gasteiger partial charge in [-0.2, -0.15) is 0 Å². The summed E-state index contributed by atoms with van der Waals surface area (Å²) in [5.74, 6) is -0.210. The highest BCUT2D eigenvalue weighted by Gasteiger charge is 2.07. The normalized spacial score (nSPS) is 9.57. The van der Waals surface area contributed by atoms with Crippen molar-refractivity contribution >= 4 is 28.2 Å². The molecule has 0 saturated heterocycles. The maximum absolute atomic E-state index is 11.3. The Hall–Kier alpha value is -1.16. The highest BCUT2D eigenvalue weighted by atomic mass is 79.9. The number of carbonyl (C=O) groups excluding carboxylic acids is 2. The Balaban J connectivity index is 2.69. The fourth-order valence-electron chi connectivity index (χ4n) is 1.01. The van der Waals surface area contributed by atoms with Crippen LogP contribution in [0.3, 0.4) is 0 Å². The van der Waals surface area contributed by atoms with E-state index in [-0.39, 0.29) is 12.3 Å². The van der Waals surface area contributed by atoms with Gasteiger partial charge < -0.3 is 0 Å². The molecule has 1 aromatic carbocycles. The summed E-state index contributed by atoms with van der Waals surface area (Å²) >= 11 is 3.31. The van der Waals surface area contributed by atoms with Gasteiger partial charge in [-0.05, 0) is 17.7 Å².